The molecule has 0 aliphatic heterocycles. The highest BCUT2D eigenvalue weighted by Crippen LogP contribution is 2.14. The van der Waals surface area contributed by atoms with E-state index in [4.69, 9.17) is 4.74 Å². The second kappa shape index (κ2) is 5.98. The zero-order valence-corrected chi connectivity index (χ0v) is 9.82. The van der Waals surface area contributed by atoms with Crippen LogP contribution >= 0.6 is 0 Å². The average Bonchev–Trinajstić information content (AvgIpc) is 2.46. The normalized spacial score (nSPS) is 11.8. The third-order valence-corrected chi connectivity index (χ3v) is 2.56. The number of ether oxygens (including phenoxy) is 1. The molecule has 0 spiro atoms. The third-order valence-electron chi connectivity index (χ3n) is 2.56. The van der Waals surface area contributed by atoms with Gasteiger partial charge in [-0.2, -0.15) is 0 Å². The minimum absolute atomic E-state index is 0.170. The molecule has 0 fully saturated rings. The van der Waals surface area contributed by atoms with Gasteiger partial charge in [0.2, 0.25) is 0 Å². The molecule has 2 rings (SSSR count). The summed E-state index contributed by atoms with van der Waals surface area (Å²) in [7, 11) is 0. The van der Waals surface area contributed by atoms with Crippen molar-refractivity contribution < 1.29 is 14.6 Å². The molecule has 0 aliphatic carbocycles. The molecule has 2 aromatic rings. The summed E-state index contributed by atoms with van der Waals surface area (Å²) in [6.45, 7) is 0.170. The molecular weight excluding hydrogens is 227 g/mol. The SMILES string of the molecule is O=[11C](OCc1ccccc1)C(O)c1ccccc1. The summed E-state index contributed by atoms with van der Waals surface area (Å²) in [6.07, 6.45) is -1.23. The van der Waals surface area contributed by atoms with Gasteiger partial charge in [-0.25, -0.2) is 4.79 Å². The minimum atomic E-state index is -1.23. The number of aliphatic hydroxyl groups excluding tert-OH is 1. The summed E-state index contributed by atoms with van der Waals surface area (Å²) in [5.41, 5.74) is 1.43. The van der Waals surface area contributed by atoms with Crippen molar-refractivity contribution in [2.24, 2.45) is 0 Å². The standard InChI is InChI=1S/C15H14O3/c16-14(13-9-5-2-6-10-13)15(17)18-11-12-7-3-1-4-8-12/h1-10,14,16H,11H2/i15-1. The monoisotopic (exact) mass is 241 g/mol. The quantitative estimate of drug-likeness (QED) is 0.836. The molecule has 1 N–H and O–H groups in total. The molecule has 0 amide bonds. The van der Waals surface area contributed by atoms with Gasteiger partial charge in [0.05, 0.1) is 0 Å². The van der Waals surface area contributed by atoms with Gasteiger partial charge in [-0.3, -0.25) is 0 Å². The first kappa shape index (κ1) is 12.3. The van der Waals surface area contributed by atoms with E-state index in [1.54, 1.807) is 24.3 Å². The maximum absolute atomic E-state index is 11.6. The van der Waals surface area contributed by atoms with Crippen LogP contribution in [0.1, 0.15) is 17.2 Å². The van der Waals surface area contributed by atoms with E-state index < -0.39 is 12.1 Å². The number of benzene rings is 2. The van der Waals surface area contributed by atoms with Crippen molar-refractivity contribution in [3.63, 3.8) is 0 Å². The molecule has 0 aliphatic rings. The Balaban J connectivity index is 1.93. The Bertz CT molecular complexity index is 494. The highest BCUT2D eigenvalue weighted by molar-refractivity contribution is 5.76. The van der Waals surface area contributed by atoms with E-state index in [9.17, 15) is 9.90 Å². The summed E-state index contributed by atoms with van der Waals surface area (Å²) < 4.78 is 5.06. The predicted molar refractivity (Wildman–Crippen MR) is 67.6 cm³/mol. The first-order valence-corrected chi connectivity index (χ1v) is 5.71. The topological polar surface area (TPSA) is 46.5 Å². The molecule has 0 heterocycles. The van der Waals surface area contributed by atoms with Gasteiger partial charge >= 0.3 is 5.97 Å². The highest BCUT2D eigenvalue weighted by atomic mass is 16.5. The van der Waals surface area contributed by atoms with Crippen LogP contribution in [0.2, 0.25) is 0 Å². The van der Waals surface area contributed by atoms with E-state index in [0.717, 1.165) is 5.56 Å². The smallest absolute Gasteiger partial charge is 0.339 e. The summed E-state index contributed by atoms with van der Waals surface area (Å²) in [5.74, 6) is -0.634. The van der Waals surface area contributed by atoms with Crippen molar-refractivity contribution in [1.82, 2.24) is 0 Å². The zero-order valence-electron chi connectivity index (χ0n) is 9.82. The molecule has 0 aromatic heterocycles. The molecule has 2 aromatic carbocycles. The average molecular weight is 241 g/mol. The number of carbonyl (C=O) groups excluding carboxylic acids is 1. The molecule has 0 saturated heterocycles. The van der Waals surface area contributed by atoms with Gasteiger partial charge in [-0.05, 0) is 11.1 Å². The summed E-state index contributed by atoms with van der Waals surface area (Å²) in [5, 5.41) is 9.79. The Kier molecular flexibility index (Phi) is 4.10. The van der Waals surface area contributed by atoms with E-state index in [0.29, 0.717) is 5.56 Å². The number of aliphatic hydroxyl groups is 1. The van der Waals surface area contributed by atoms with Gasteiger partial charge < -0.3 is 9.84 Å². The van der Waals surface area contributed by atoms with Crippen LogP contribution in [0.25, 0.3) is 0 Å². The molecular formula is C15H14O3. The first-order chi connectivity index (χ1) is 8.77. The molecule has 18 heavy (non-hydrogen) atoms. The summed E-state index contributed by atoms with van der Waals surface area (Å²) >= 11 is 0. The minimum Gasteiger partial charge on any atom is -0.459 e. The Morgan fingerprint density at radius 2 is 1.56 bits per heavy atom. The van der Waals surface area contributed by atoms with Gasteiger partial charge in [-0.1, -0.05) is 60.7 Å². The van der Waals surface area contributed by atoms with Crippen molar-refractivity contribution in [1.29, 1.82) is 0 Å². The fraction of sp³-hybridized carbons (Fsp3) is 0.133. The van der Waals surface area contributed by atoms with Crippen LogP contribution in [-0.4, -0.2) is 11.1 Å². The van der Waals surface area contributed by atoms with E-state index in [1.807, 2.05) is 36.4 Å². The molecule has 1 unspecified atom stereocenters. The Labute approximate surface area is 106 Å². The van der Waals surface area contributed by atoms with Crippen LogP contribution in [0.15, 0.2) is 60.7 Å². The molecule has 92 valence electrons. The second-order valence-corrected chi connectivity index (χ2v) is 3.91. The van der Waals surface area contributed by atoms with Crippen molar-refractivity contribution in [2.45, 2.75) is 12.7 Å². The van der Waals surface area contributed by atoms with E-state index in [1.165, 1.54) is 0 Å². The van der Waals surface area contributed by atoms with Crippen molar-refractivity contribution in [3.8, 4) is 0 Å². The number of carbonyl (C=O) groups is 1. The Hall–Kier alpha value is -2.13. The van der Waals surface area contributed by atoms with Crippen LogP contribution in [0.3, 0.4) is 0 Å². The Morgan fingerprint density at radius 3 is 2.17 bits per heavy atom. The van der Waals surface area contributed by atoms with Crippen molar-refractivity contribution >= 4 is 5.97 Å². The Morgan fingerprint density at radius 1 is 1.00 bits per heavy atom. The predicted octanol–water partition coefficient (Wildman–Crippen LogP) is 2.46. The molecule has 0 radical (unpaired) electrons. The number of hydrogen-bond acceptors (Lipinski definition) is 3. The molecule has 3 nitrogen and oxygen atoms in total. The lowest BCUT2D eigenvalue weighted by Crippen LogP contribution is -2.15. The zero-order chi connectivity index (χ0) is 12.8. The number of esters is 1. The maximum Gasteiger partial charge on any atom is 0.339 e. The third kappa shape index (κ3) is 3.18. The van der Waals surface area contributed by atoms with Crippen LogP contribution < -0.4 is 0 Å². The lowest BCUT2D eigenvalue weighted by Gasteiger charge is -2.10. The van der Waals surface area contributed by atoms with Crippen molar-refractivity contribution in [2.75, 3.05) is 0 Å². The molecule has 1 atom stereocenters. The molecule has 0 bridgehead atoms. The molecule has 3 heteroatoms. The fourth-order valence-corrected chi connectivity index (χ4v) is 1.58. The van der Waals surface area contributed by atoms with Crippen LogP contribution in [-0.2, 0) is 16.1 Å². The van der Waals surface area contributed by atoms with Gasteiger partial charge in [-0.15, -0.1) is 0 Å². The number of hydrogen-bond donors (Lipinski definition) is 1. The van der Waals surface area contributed by atoms with Gasteiger partial charge in [0, 0.05) is 0 Å². The van der Waals surface area contributed by atoms with Crippen LogP contribution in [0, 0.1) is 0 Å². The van der Waals surface area contributed by atoms with Gasteiger partial charge in [0.15, 0.2) is 6.10 Å². The lowest BCUT2D eigenvalue weighted by molar-refractivity contribution is -0.155. The van der Waals surface area contributed by atoms with Crippen LogP contribution in [0.4, 0.5) is 0 Å². The number of rotatable bonds is 4. The maximum atomic E-state index is 11.6. The van der Waals surface area contributed by atoms with E-state index in [-0.39, 0.29) is 6.61 Å². The first-order valence-electron chi connectivity index (χ1n) is 5.71. The highest BCUT2D eigenvalue weighted by Gasteiger charge is 2.18. The summed E-state index contributed by atoms with van der Waals surface area (Å²) in [4.78, 5) is 11.6. The van der Waals surface area contributed by atoms with Gasteiger partial charge in [0.1, 0.15) is 6.61 Å². The largest absolute Gasteiger partial charge is 0.459 e. The van der Waals surface area contributed by atoms with E-state index in [2.05, 4.69) is 0 Å². The fourth-order valence-electron chi connectivity index (χ4n) is 1.58. The molecule has 0 saturated carbocycles. The second-order valence-electron chi connectivity index (χ2n) is 3.91. The summed E-state index contributed by atoms with van der Waals surface area (Å²) in [6, 6.07) is 18.1. The lowest BCUT2D eigenvalue weighted by atomic mass is 9.90. The van der Waals surface area contributed by atoms with E-state index >= 15 is 0 Å². The van der Waals surface area contributed by atoms with Gasteiger partial charge in [0.25, 0.3) is 0 Å². The van der Waals surface area contributed by atoms with Crippen molar-refractivity contribution in [3.05, 3.63) is 71.8 Å². The van der Waals surface area contributed by atoms with Crippen LogP contribution in [0.5, 0.6) is 0 Å².